The molecule has 0 N–H and O–H groups in total. The van der Waals surface area contributed by atoms with Crippen molar-refractivity contribution in [3.8, 4) is 0 Å². The molecule has 1 amide bonds. The van der Waals surface area contributed by atoms with Crippen molar-refractivity contribution in [2.45, 2.75) is 37.7 Å². The van der Waals surface area contributed by atoms with Crippen LogP contribution in [0.2, 0.25) is 5.02 Å². The summed E-state index contributed by atoms with van der Waals surface area (Å²) in [6.45, 7) is 5.19. The molecule has 2 heterocycles. The molecule has 3 aromatic rings. The van der Waals surface area contributed by atoms with Gasteiger partial charge in [-0.2, -0.15) is 0 Å². The quantitative estimate of drug-likeness (QED) is 0.267. The number of nitrogens with zero attached hydrogens (tertiary/aromatic N) is 4. The van der Waals surface area contributed by atoms with Crippen LogP contribution < -0.4 is 10.5 Å². The van der Waals surface area contributed by atoms with Crippen molar-refractivity contribution in [2.24, 2.45) is 0 Å². The van der Waals surface area contributed by atoms with Gasteiger partial charge in [-0.3, -0.25) is 19.1 Å². The predicted molar refractivity (Wildman–Crippen MR) is 123 cm³/mol. The van der Waals surface area contributed by atoms with Crippen LogP contribution in [0.25, 0.3) is 10.9 Å². The van der Waals surface area contributed by atoms with E-state index in [1.54, 1.807) is 29.8 Å². The molecule has 3 rings (SSSR count). The summed E-state index contributed by atoms with van der Waals surface area (Å²) in [5, 5.41) is 4.25. The fraction of sp³-hybridized carbons (Fsp3) is 0.400. The van der Waals surface area contributed by atoms with Gasteiger partial charge in [0.1, 0.15) is 0 Å². The lowest BCUT2D eigenvalue weighted by Crippen LogP contribution is -2.24. The molecule has 0 saturated heterocycles. The lowest BCUT2D eigenvalue weighted by atomic mass is 10.2. The van der Waals surface area contributed by atoms with Crippen molar-refractivity contribution < 1.29 is 9.53 Å². The number of ether oxygens (including phenoxy) is 1. The van der Waals surface area contributed by atoms with E-state index in [4.69, 9.17) is 21.3 Å². The van der Waals surface area contributed by atoms with Crippen molar-refractivity contribution in [2.75, 3.05) is 25.2 Å². The molecular formula is C20H23ClN4O3S2. The number of thioether (sulfide) groups is 1. The molecule has 1 aromatic carbocycles. The van der Waals surface area contributed by atoms with E-state index in [9.17, 15) is 9.59 Å². The second-order valence-electron chi connectivity index (χ2n) is 6.55. The Morgan fingerprint density at radius 1 is 1.37 bits per heavy atom. The zero-order chi connectivity index (χ0) is 21.7. The SMILES string of the molecule is CCOCCCn1c(SCc2csc(N(C)C(C)=O)n2)nc2cc(Cl)ccc2c1=O. The van der Waals surface area contributed by atoms with E-state index in [1.807, 2.05) is 12.3 Å². The standard InChI is InChI=1S/C20H23ClN4O3S2/c1-4-28-9-5-8-25-18(27)16-7-6-14(21)10-17(16)23-20(25)30-12-15-11-29-19(22-15)24(3)13(2)26/h6-7,10-11H,4-5,8-9,12H2,1-3H3. The number of hydrogen-bond donors (Lipinski definition) is 0. The van der Waals surface area contributed by atoms with Gasteiger partial charge in [0.05, 0.1) is 16.6 Å². The number of halogens is 1. The predicted octanol–water partition coefficient (Wildman–Crippen LogP) is 4.21. The summed E-state index contributed by atoms with van der Waals surface area (Å²) in [5.41, 5.74) is 1.31. The number of fused-ring (bicyclic) bond motifs is 1. The smallest absolute Gasteiger partial charge is 0.262 e. The molecule has 7 nitrogen and oxygen atoms in total. The number of anilines is 1. The first-order valence-corrected chi connectivity index (χ1v) is 11.7. The Balaban J connectivity index is 1.87. The van der Waals surface area contributed by atoms with Gasteiger partial charge in [-0.1, -0.05) is 23.4 Å². The molecule has 0 aliphatic rings. The minimum atomic E-state index is -0.0917. The number of carbonyl (C=O) groups is 1. The molecule has 0 unspecified atom stereocenters. The Morgan fingerprint density at radius 2 is 2.17 bits per heavy atom. The van der Waals surface area contributed by atoms with E-state index in [1.165, 1.54) is 34.9 Å². The highest BCUT2D eigenvalue weighted by Gasteiger charge is 2.15. The highest BCUT2D eigenvalue weighted by Crippen LogP contribution is 2.26. The molecule has 0 fully saturated rings. The van der Waals surface area contributed by atoms with E-state index in [2.05, 4.69) is 4.98 Å². The van der Waals surface area contributed by atoms with Crippen LogP contribution in [0.5, 0.6) is 0 Å². The highest BCUT2D eigenvalue weighted by molar-refractivity contribution is 7.98. The second kappa shape index (κ2) is 10.4. The number of benzene rings is 1. The van der Waals surface area contributed by atoms with E-state index < -0.39 is 0 Å². The van der Waals surface area contributed by atoms with E-state index >= 15 is 0 Å². The average molecular weight is 467 g/mol. The number of rotatable bonds is 9. The largest absolute Gasteiger partial charge is 0.382 e. The van der Waals surface area contributed by atoms with Gasteiger partial charge in [-0.15, -0.1) is 11.3 Å². The first-order chi connectivity index (χ1) is 14.4. The Labute approximate surface area is 188 Å². The average Bonchev–Trinajstić information content (AvgIpc) is 3.19. The van der Waals surface area contributed by atoms with Crippen molar-refractivity contribution in [1.82, 2.24) is 14.5 Å². The molecule has 0 spiro atoms. The van der Waals surface area contributed by atoms with Crippen LogP contribution in [0, 0.1) is 0 Å². The summed E-state index contributed by atoms with van der Waals surface area (Å²) in [6, 6.07) is 5.12. The molecule has 0 atom stereocenters. The lowest BCUT2D eigenvalue weighted by molar-refractivity contribution is -0.116. The van der Waals surface area contributed by atoms with Gasteiger partial charge in [-0.05, 0) is 31.5 Å². The molecule has 0 radical (unpaired) electrons. The molecule has 0 saturated carbocycles. The maximum absolute atomic E-state index is 13.1. The number of hydrogen-bond acceptors (Lipinski definition) is 7. The van der Waals surface area contributed by atoms with Crippen molar-refractivity contribution in [3.05, 3.63) is 44.6 Å². The van der Waals surface area contributed by atoms with Gasteiger partial charge in [0, 0.05) is 49.9 Å². The van der Waals surface area contributed by atoms with Gasteiger partial charge >= 0.3 is 0 Å². The summed E-state index contributed by atoms with van der Waals surface area (Å²) < 4.78 is 7.10. The van der Waals surface area contributed by atoms with Crippen molar-refractivity contribution >= 4 is 56.6 Å². The summed E-state index contributed by atoms with van der Waals surface area (Å²) in [7, 11) is 1.70. The summed E-state index contributed by atoms with van der Waals surface area (Å²) >= 11 is 8.95. The summed E-state index contributed by atoms with van der Waals surface area (Å²) in [5.74, 6) is 0.464. The molecule has 10 heteroatoms. The first-order valence-electron chi connectivity index (χ1n) is 9.50. The minimum Gasteiger partial charge on any atom is -0.382 e. The number of carbonyl (C=O) groups excluding carboxylic acids is 1. The maximum atomic E-state index is 13.1. The molecule has 160 valence electrons. The topological polar surface area (TPSA) is 77.3 Å². The van der Waals surface area contributed by atoms with E-state index in [-0.39, 0.29) is 11.5 Å². The fourth-order valence-corrected chi connectivity index (χ4v) is 4.76. The second-order valence-corrected chi connectivity index (χ2v) is 8.77. The zero-order valence-electron chi connectivity index (χ0n) is 17.1. The third kappa shape index (κ3) is 5.40. The molecule has 2 aromatic heterocycles. The minimum absolute atomic E-state index is 0.0697. The first kappa shape index (κ1) is 22.7. The molecular weight excluding hydrogens is 444 g/mol. The number of thiazole rings is 1. The molecule has 0 bridgehead atoms. The highest BCUT2D eigenvalue weighted by atomic mass is 35.5. The maximum Gasteiger partial charge on any atom is 0.262 e. The van der Waals surface area contributed by atoms with Crippen LogP contribution in [-0.4, -0.2) is 40.7 Å². The Kier molecular flexibility index (Phi) is 7.87. The fourth-order valence-electron chi connectivity index (χ4n) is 2.74. The third-order valence-corrected chi connectivity index (χ3v) is 6.62. The summed E-state index contributed by atoms with van der Waals surface area (Å²) in [6.07, 6.45) is 0.715. The van der Waals surface area contributed by atoms with Gasteiger partial charge in [0.25, 0.3) is 5.56 Å². The van der Waals surface area contributed by atoms with E-state index in [0.717, 1.165) is 5.69 Å². The van der Waals surface area contributed by atoms with Crippen molar-refractivity contribution in [1.29, 1.82) is 0 Å². The summed E-state index contributed by atoms with van der Waals surface area (Å²) in [4.78, 5) is 35.3. The van der Waals surface area contributed by atoms with Crippen LogP contribution >= 0.6 is 34.7 Å². The normalized spacial score (nSPS) is 11.2. The molecule has 0 aliphatic heterocycles. The van der Waals surface area contributed by atoms with E-state index in [0.29, 0.717) is 58.1 Å². The Hall–Kier alpha value is -1.94. The van der Waals surface area contributed by atoms with Gasteiger partial charge in [0.15, 0.2) is 10.3 Å². The van der Waals surface area contributed by atoms with Crippen LogP contribution in [-0.2, 0) is 21.8 Å². The third-order valence-electron chi connectivity index (χ3n) is 4.40. The number of aromatic nitrogens is 3. The zero-order valence-corrected chi connectivity index (χ0v) is 19.4. The van der Waals surface area contributed by atoms with Crippen LogP contribution in [0.3, 0.4) is 0 Å². The monoisotopic (exact) mass is 466 g/mol. The van der Waals surface area contributed by atoms with Crippen LogP contribution in [0.1, 0.15) is 26.0 Å². The Bertz CT molecular complexity index is 1100. The van der Waals surface area contributed by atoms with Gasteiger partial charge < -0.3 is 4.74 Å². The molecule has 30 heavy (non-hydrogen) atoms. The lowest BCUT2D eigenvalue weighted by Gasteiger charge is -2.13. The number of amides is 1. The van der Waals surface area contributed by atoms with Crippen LogP contribution in [0.15, 0.2) is 33.5 Å². The van der Waals surface area contributed by atoms with Gasteiger partial charge in [-0.25, -0.2) is 9.97 Å². The van der Waals surface area contributed by atoms with Crippen LogP contribution in [0.4, 0.5) is 5.13 Å². The molecule has 0 aliphatic carbocycles. The van der Waals surface area contributed by atoms with Crippen molar-refractivity contribution in [3.63, 3.8) is 0 Å². The van der Waals surface area contributed by atoms with Gasteiger partial charge in [0.2, 0.25) is 5.91 Å². The Morgan fingerprint density at radius 3 is 2.90 bits per heavy atom.